The van der Waals surface area contributed by atoms with Crippen LogP contribution in [0.4, 0.5) is 0 Å². The van der Waals surface area contributed by atoms with Crippen LogP contribution in [0.5, 0.6) is 17.2 Å². The van der Waals surface area contributed by atoms with Crippen molar-refractivity contribution in [3.8, 4) is 17.2 Å². The zero-order valence-corrected chi connectivity index (χ0v) is 15.5. The molecule has 0 radical (unpaired) electrons. The molecule has 0 atom stereocenters. The molecule has 0 aliphatic heterocycles. The van der Waals surface area contributed by atoms with Gasteiger partial charge >= 0.3 is 0 Å². The van der Waals surface area contributed by atoms with Crippen LogP contribution < -0.4 is 19.6 Å². The average Bonchev–Trinajstić information content (AvgIpc) is 2.64. The van der Waals surface area contributed by atoms with E-state index < -0.39 is 0 Å². The molecular formula is C19H21ClN2O4. The van der Waals surface area contributed by atoms with Gasteiger partial charge in [0, 0.05) is 5.02 Å². The molecule has 0 heterocycles. The van der Waals surface area contributed by atoms with Gasteiger partial charge in [-0.2, -0.15) is 5.10 Å². The summed E-state index contributed by atoms with van der Waals surface area (Å²) >= 11 is 5.79. The van der Waals surface area contributed by atoms with Crippen LogP contribution in [0.15, 0.2) is 47.6 Å². The van der Waals surface area contributed by atoms with E-state index in [1.165, 1.54) is 6.21 Å². The van der Waals surface area contributed by atoms with E-state index in [0.717, 1.165) is 5.56 Å². The Morgan fingerprint density at radius 1 is 1.04 bits per heavy atom. The summed E-state index contributed by atoms with van der Waals surface area (Å²) in [5, 5.41) is 4.53. The molecule has 2 rings (SSSR count). The third kappa shape index (κ3) is 6.29. The van der Waals surface area contributed by atoms with Crippen molar-refractivity contribution in [1.29, 1.82) is 0 Å². The van der Waals surface area contributed by atoms with E-state index in [-0.39, 0.29) is 12.5 Å². The van der Waals surface area contributed by atoms with Crippen molar-refractivity contribution < 1.29 is 19.0 Å². The van der Waals surface area contributed by atoms with Gasteiger partial charge in [0.25, 0.3) is 5.91 Å². The summed E-state index contributed by atoms with van der Waals surface area (Å²) in [5.41, 5.74) is 3.19. The molecule has 0 fully saturated rings. The first-order valence-corrected chi connectivity index (χ1v) is 8.60. The monoisotopic (exact) mass is 376 g/mol. The number of halogens is 1. The highest BCUT2D eigenvalue weighted by Crippen LogP contribution is 2.27. The standard InChI is InChI=1S/C19H21ClN2O4/c1-3-24-17-10-5-14(11-18(17)25-4-2)12-21-22-19(23)13-26-16-8-6-15(20)7-9-16/h5-12H,3-4,13H2,1-2H3,(H,22,23)/b21-12+. The van der Waals surface area contributed by atoms with Crippen LogP contribution >= 0.6 is 11.6 Å². The van der Waals surface area contributed by atoms with Crippen LogP contribution in [0.25, 0.3) is 0 Å². The largest absolute Gasteiger partial charge is 0.490 e. The number of nitrogens with one attached hydrogen (secondary N) is 1. The fourth-order valence-corrected chi connectivity index (χ4v) is 2.16. The Labute approximate surface area is 157 Å². The number of carbonyl (C=O) groups excluding carboxylic acids is 1. The molecule has 0 spiro atoms. The molecule has 0 aliphatic rings. The lowest BCUT2D eigenvalue weighted by Gasteiger charge is -2.11. The van der Waals surface area contributed by atoms with Crippen molar-refractivity contribution in [3.63, 3.8) is 0 Å². The topological polar surface area (TPSA) is 69.2 Å². The predicted molar refractivity (Wildman–Crippen MR) is 101 cm³/mol. The van der Waals surface area contributed by atoms with E-state index in [0.29, 0.717) is 35.5 Å². The summed E-state index contributed by atoms with van der Waals surface area (Å²) in [7, 11) is 0. The number of hydrazone groups is 1. The highest BCUT2D eigenvalue weighted by atomic mass is 35.5. The number of amides is 1. The number of hydrogen-bond acceptors (Lipinski definition) is 5. The third-order valence-electron chi connectivity index (χ3n) is 3.15. The highest BCUT2D eigenvalue weighted by molar-refractivity contribution is 6.30. The second-order valence-electron chi connectivity index (χ2n) is 5.11. The zero-order chi connectivity index (χ0) is 18.8. The molecule has 7 heteroatoms. The van der Waals surface area contributed by atoms with Crippen LogP contribution in [-0.2, 0) is 4.79 Å². The molecule has 26 heavy (non-hydrogen) atoms. The van der Waals surface area contributed by atoms with Crippen molar-refractivity contribution >= 4 is 23.7 Å². The normalized spacial score (nSPS) is 10.6. The second-order valence-corrected chi connectivity index (χ2v) is 5.54. The van der Waals surface area contributed by atoms with Crippen LogP contribution in [0.3, 0.4) is 0 Å². The first-order valence-electron chi connectivity index (χ1n) is 8.22. The number of nitrogens with zero attached hydrogens (tertiary/aromatic N) is 1. The van der Waals surface area contributed by atoms with Crippen LogP contribution in [0, 0.1) is 0 Å². The smallest absolute Gasteiger partial charge is 0.277 e. The molecule has 0 unspecified atom stereocenters. The van der Waals surface area contributed by atoms with Crippen molar-refractivity contribution in [2.45, 2.75) is 13.8 Å². The summed E-state index contributed by atoms with van der Waals surface area (Å²) in [5.74, 6) is 1.50. The molecular weight excluding hydrogens is 356 g/mol. The van der Waals surface area contributed by atoms with Gasteiger partial charge in [-0.1, -0.05) is 11.6 Å². The molecule has 0 bridgehead atoms. The fraction of sp³-hybridized carbons (Fsp3) is 0.263. The van der Waals surface area contributed by atoms with Gasteiger partial charge in [-0.25, -0.2) is 5.43 Å². The number of hydrogen-bond donors (Lipinski definition) is 1. The van der Waals surface area contributed by atoms with Crippen LogP contribution in [0.1, 0.15) is 19.4 Å². The zero-order valence-electron chi connectivity index (χ0n) is 14.7. The van der Waals surface area contributed by atoms with E-state index in [9.17, 15) is 4.79 Å². The maximum atomic E-state index is 11.8. The summed E-state index contributed by atoms with van der Waals surface area (Å²) < 4.78 is 16.4. The molecule has 1 N–H and O–H groups in total. The molecule has 0 aromatic heterocycles. The van der Waals surface area contributed by atoms with Crippen LogP contribution in [0.2, 0.25) is 5.02 Å². The van der Waals surface area contributed by atoms with Crippen molar-refractivity contribution in [2.75, 3.05) is 19.8 Å². The van der Waals surface area contributed by atoms with E-state index >= 15 is 0 Å². The maximum Gasteiger partial charge on any atom is 0.277 e. The molecule has 0 saturated heterocycles. The van der Waals surface area contributed by atoms with Gasteiger partial charge in [0.1, 0.15) is 5.75 Å². The van der Waals surface area contributed by atoms with Gasteiger partial charge in [0.15, 0.2) is 18.1 Å². The number of carbonyl (C=O) groups is 1. The van der Waals surface area contributed by atoms with Gasteiger partial charge in [-0.15, -0.1) is 0 Å². The summed E-state index contributed by atoms with van der Waals surface area (Å²) in [4.78, 5) is 11.8. The summed E-state index contributed by atoms with van der Waals surface area (Å²) in [6.45, 7) is 4.74. The highest BCUT2D eigenvalue weighted by Gasteiger charge is 2.05. The Balaban J connectivity index is 1.87. The van der Waals surface area contributed by atoms with Gasteiger partial charge in [0.2, 0.25) is 0 Å². The van der Waals surface area contributed by atoms with E-state index in [4.69, 9.17) is 25.8 Å². The van der Waals surface area contributed by atoms with Crippen LogP contribution in [-0.4, -0.2) is 31.9 Å². The lowest BCUT2D eigenvalue weighted by molar-refractivity contribution is -0.123. The number of rotatable bonds is 9. The van der Waals surface area contributed by atoms with Crippen molar-refractivity contribution in [1.82, 2.24) is 5.43 Å². The minimum atomic E-state index is -0.368. The Morgan fingerprint density at radius 2 is 1.73 bits per heavy atom. The SMILES string of the molecule is CCOc1ccc(/C=N/NC(=O)COc2ccc(Cl)cc2)cc1OCC. The third-order valence-corrected chi connectivity index (χ3v) is 3.41. The Bertz CT molecular complexity index is 748. The summed E-state index contributed by atoms with van der Waals surface area (Å²) in [6.07, 6.45) is 1.53. The first-order chi connectivity index (χ1) is 12.6. The molecule has 138 valence electrons. The summed E-state index contributed by atoms with van der Waals surface area (Å²) in [6, 6.07) is 12.2. The van der Waals surface area contributed by atoms with Gasteiger partial charge in [-0.3, -0.25) is 4.79 Å². The average molecular weight is 377 g/mol. The number of benzene rings is 2. The molecule has 0 saturated carbocycles. The van der Waals surface area contributed by atoms with E-state index in [1.54, 1.807) is 36.4 Å². The van der Waals surface area contributed by atoms with E-state index in [1.807, 2.05) is 19.9 Å². The minimum Gasteiger partial charge on any atom is -0.490 e. The molecule has 2 aromatic rings. The van der Waals surface area contributed by atoms with Gasteiger partial charge < -0.3 is 14.2 Å². The lowest BCUT2D eigenvalue weighted by Crippen LogP contribution is -2.24. The molecule has 6 nitrogen and oxygen atoms in total. The second kappa shape index (κ2) is 10.3. The Morgan fingerprint density at radius 3 is 2.42 bits per heavy atom. The molecule has 2 aromatic carbocycles. The predicted octanol–water partition coefficient (Wildman–Crippen LogP) is 3.67. The van der Waals surface area contributed by atoms with Gasteiger partial charge in [-0.05, 0) is 61.9 Å². The van der Waals surface area contributed by atoms with Crippen molar-refractivity contribution in [2.24, 2.45) is 5.10 Å². The molecule has 0 aliphatic carbocycles. The van der Waals surface area contributed by atoms with E-state index in [2.05, 4.69) is 10.5 Å². The van der Waals surface area contributed by atoms with Crippen molar-refractivity contribution in [3.05, 3.63) is 53.1 Å². The quantitative estimate of drug-likeness (QED) is 0.535. The number of ether oxygens (including phenoxy) is 3. The van der Waals surface area contributed by atoms with Gasteiger partial charge in [0.05, 0.1) is 19.4 Å². The Hall–Kier alpha value is -2.73. The first kappa shape index (κ1) is 19.6. The fourth-order valence-electron chi connectivity index (χ4n) is 2.04. The molecule has 1 amide bonds. The minimum absolute atomic E-state index is 0.146. The Kier molecular flexibility index (Phi) is 7.76. The maximum absolute atomic E-state index is 11.8. The lowest BCUT2D eigenvalue weighted by atomic mass is 10.2.